The Morgan fingerprint density at radius 2 is 1.48 bits per heavy atom. The number of hydrogen-bond acceptors (Lipinski definition) is 4. The third-order valence-electron chi connectivity index (χ3n) is 4.92. The fourth-order valence-corrected chi connectivity index (χ4v) is 4.27. The first-order valence-electron chi connectivity index (χ1n) is 10.3. The number of sulfonamides is 1. The fourth-order valence-electron chi connectivity index (χ4n) is 3.16. The second-order valence-corrected chi connectivity index (χ2v) is 8.83. The van der Waals surface area contributed by atoms with E-state index >= 15 is 0 Å². The minimum absolute atomic E-state index is 0.120. The summed E-state index contributed by atoms with van der Waals surface area (Å²) in [6, 6.07) is 17.0. The average molecular weight is 470 g/mol. The van der Waals surface area contributed by atoms with Crippen LogP contribution in [-0.4, -0.2) is 38.2 Å². The van der Waals surface area contributed by atoms with Gasteiger partial charge in [0.1, 0.15) is 5.82 Å². The van der Waals surface area contributed by atoms with Crippen LogP contribution >= 0.6 is 0 Å². The van der Waals surface area contributed by atoms with Crippen molar-refractivity contribution in [3.63, 3.8) is 0 Å². The summed E-state index contributed by atoms with van der Waals surface area (Å²) in [5.41, 5.74) is 1.17. The van der Waals surface area contributed by atoms with Crippen LogP contribution in [0.4, 0.5) is 15.8 Å². The molecule has 3 aromatic carbocycles. The Morgan fingerprint density at radius 1 is 0.848 bits per heavy atom. The molecule has 3 aromatic rings. The van der Waals surface area contributed by atoms with Crippen LogP contribution < -0.4 is 10.0 Å². The van der Waals surface area contributed by atoms with Crippen molar-refractivity contribution < 1.29 is 22.4 Å². The van der Waals surface area contributed by atoms with Gasteiger partial charge in [0.05, 0.1) is 4.90 Å². The lowest BCUT2D eigenvalue weighted by atomic mass is 10.1. The molecule has 2 amide bonds. The maximum absolute atomic E-state index is 13.1. The molecular weight excluding hydrogens is 445 g/mol. The minimum atomic E-state index is -3.99. The normalized spacial score (nSPS) is 11.0. The topological polar surface area (TPSA) is 95.6 Å². The molecule has 0 aliphatic heterocycles. The summed E-state index contributed by atoms with van der Waals surface area (Å²) in [6.07, 6.45) is 0. The molecule has 7 nitrogen and oxygen atoms in total. The summed E-state index contributed by atoms with van der Waals surface area (Å²) in [7, 11) is -3.99. The van der Waals surface area contributed by atoms with E-state index in [2.05, 4.69) is 10.0 Å². The number of anilines is 2. The largest absolute Gasteiger partial charge is 0.339 e. The van der Waals surface area contributed by atoms with Gasteiger partial charge in [-0.25, -0.2) is 12.8 Å². The highest BCUT2D eigenvalue weighted by molar-refractivity contribution is 7.92. The second-order valence-electron chi connectivity index (χ2n) is 7.15. The van der Waals surface area contributed by atoms with Gasteiger partial charge in [-0.05, 0) is 74.5 Å². The Bertz CT molecular complexity index is 1260. The second kappa shape index (κ2) is 10.3. The highest BCUT2D eigenvalue weighted by atomic mass is 32.2. The highest BCUT2D eigenvalue weighted by Crippen LogP contribution is 2.19. The fraction of sp³-hybridized carbons (Fsp3) is 0.167. The molecule has 0 heterocycles. The maximum Gasteiger partial charge on any atom is 0.261 e. The Morgan fingerprint density at radius 3 is 2.15 bits per heavy atom. The van der Waals surface area contributed by atoms with Gasteiger partial charge in [0.2, 0.25) is 0 Å². The van der Waals surface area contributed by atoms with E-state index < -0.39 is 21.7 Å². The van der Waals surface area contributed by atoms with Crippen LogP contribution in [0.15, 0.2) is 77.7 Å². The van der Waals surface area contributed by atoms with E-state index in [1.165, 1.54) is 36.4 Å². The summed E-state index contributed by atoms with van der Waals surface area (Å²) in [5.74, 6) is -1.16. The van der Waals surface area contributed by atoms with Crippen molar-refractivity contribution in [3.05, 3.63) is 89.7 Å². The molecule has 0 aliphatic carbocycles. The molecule has 172 valence electrons. The molecule has 2 N–H and O–H groups in total. The zero-order valence-electron chi connectivity index (χ0n) is 18.2. The molecule has 9 heteroatoms. The van der Waals surface area contributed by atoms with E-state index in [1.54, 1.807) is 29.2 Å². The zero-order valence-corrected chi connectivity index (χ0v) is 19.0. The number of benzene rings is 3. The van der Waals surface area contributed by atoms with E-state index in [1.807, 2.05) is 13.8 Å². The van der Waals surface area contributed by atoms with Gasteiger partial charge in [0.15, 0.2) is 0 Å². The number of halogens is 1. The van der Waals surface area contributed by atoms with Gasteiger partial charge < -0.3 is 10.2 Å². The first-order valence-corrected chi connectivity index (χ1v) is 11.8. The van der Waals surface area contributed by atoms with E-state index in [4.69, 9.17) is 0 Å². The van der Waals surface area contributed by atoms with Gasteiger partial charge in [0.25, 0.3) is 21.8 Å². The van der Waals surface area contributed by atoms with Crippen LogP contribution in [0.2, 0.25) is 0 Å². The Hall–Kier alpha value is -3.72. The SMILES string of the molecule is CCN(CC)C(=O)c1cccc(NC(=O)c2cccc(S(=O)(=O)Nc3ccc(F)cc3)c2)c1. The van der Waals surface area contributed by atoms with E-state index in [9.17, 15) is 22.4 Å². The van der Waals surface area contributed by atoms with Crippen molar-refractivity contribution in [1.29, 1.82) is 0 Å². The quantitative estimate of drug-likeness (QED) is 0.512. The lowest BCUT2D eigenvalue weighted by Gasteiger charge is -2.19. The molecule has 0 radical (unpaired) electrons. The predicted molar refractivity (Wildman–Crippen MR) is 125 cm³/mol. The summed E-state index contributed by atoms with van der Waals surface area (Å²) in [4.78, 5) is 26.9. The van der Waals surface area contributed by atoms with Crippen LogP contribution in [0.3, 0.4) is 0 Å². The zero-order chi connectivity index (χ0) is 24.0. The van der Waals surface area contributed by atoms with Crippen LogP contribution in [-0.2, 0) is 10.0 Å². The van der Waals surface area contributed by atoms with Crippen LogP contribution in [0, 0.1) is 5.82 Å². The van der Waals surface area contributed by atoms with Crippen molar-refractivity contribution in [1.82, 2.24) is 4.90 Å². The lowest BCUT2D eigenvalue weighted by molar-refractivity contribution is 0.0772. The summed E-state index contributed by atoms with van der Waals surface area (Å²) in [6.45, 7) is 4.91. The number of amides is 2. The first kappa shape index (κ1) is 23.9. The van der Waals surface area contributed by atoms with E-state index in [-0.39, 0.29) is 22.1 Å². The van der Waals surface area contributed by atoms with Crippen LogP contribution in [0.5, 0.6) is 0 Å². The Labute approximate surface area is 192 Å². The minimum Gasteiger partial charge on any atom is -0.339 e. The molecule has 0 unspecified atom stereocenters. The van der Waals surface area contributed by atoms with Crippen LogP contribution in [0.25, 0.3) is 0 Å². The van der Waals surface area contributed by atoms with Gasteiger partial charge in [-0.3, -0.25) is 14.3 Å². The Kier molecular flexibility index (Phi) is 7.44. The number of carbonyl (C=O) groups is 2. The van der Waals surface area contributed by atoms with Crippen molar-refractivity contribution in [2.24, 2.45) is 0 Å². The molecule has 0 aliphatic rings. The molecule has 0 fully saturated rings. The molecule has 0 saturated carbocycles. The Balaban J connectivity index is 1.78. The van der Waals surface area contributed by atoms with Crippen molar-refractivity contribution in [2.45, 2.75) is 18.7 Å². The molecule has 0 bridgehead atoms. The van der Waals surface area contributed by atoms with Crippen molar-refractivity contribution in [2.75, 3.05) is 23.1 Å². The molecule has 33 heavy (non-hydrogen) atoms. The van der Waals surface area contributed by atoms with Gasteiger partial charge in [-0.2, -0.15) is 0 Å². The number of nitrogens with zero attached hydrogens (tertiary/aromatic N) is 1. The third kappa shape index (κ3) is 5.95. The van der Waals surface area contributed by atoms with Gasteiger partial charge in [-0.15, -0.1) is 0 Å². The van der Waals surface area contributed by atoms with E-state index in [0.717, 1.165) is 12.1 Å². The third-order valence-corrected chi connectivity index (χ3v) is 6.30. The van der Waals surface area contributed by atoms with E-state index in [0.29, 0.717) is 24.3 Å². The molecule has 0 aromatic heterocycles. The lowest BCUT2D eigenvalue weighted by Crippen LogP contribution is -2.30. The monoisotopic (exact) mass is 469 g/mol. The smallest absolute Gasteiger partial charge is 0.261 e. The van der Waals surface area contributed by atoms with Crippen LogP contribution in [0.1, 0.15) is 34.6 Å². The molecule has 0 spiro atoms. The summed E-state index contributed by atoms with van der Waals surface area (Å²) < 4.78 is 40.8. The number of carbonyl (C=O) groups excluding carboxylic acids is 2. The summed E-state index contributed by atoms with van der Waals surface area (Å²) >= 11 is 0. The predicted octanol–water partition coefficient (Wildman–Crippen LogP) is 4.36. The average Bonchev–Trinajstić information content (AvgIpc) is 2.81. The number of hydrogen-bond donors (Lipinski definition) is 2. The van der Waals surface area contributed by atoms with Gasteiger partial charge in [-0.1, -0.05) is 12.1 Å². The standard InChI is InChI=1S/C24H24FN3O4S/c1-3-28(4-2)24(30)18-8-5-9-21(15-18)26-23(29)17-7-6-10-22(16-17)33(31,32)27-20-13-11-19(25)12-14-20/h5-16,27H,3-4H2,1-2H3,(H,26,29). The highest BCUT2D eigenvalue weighted by Gasteiger charge is 2.18. The van der Waals surface area contributed by atoms with Crippen molar-refractivity contribution >= 4 is 33.2 Å². The number of nitrogens with one attached hydrogen (secondary N) is 2. The molecular formula is C24H24FN3O4S. The van der Waals surface area contributed by atoms with Crippen molar-refractivity contribution in [3.8, 4) is 0 Å². The van der Waals surface area contributed by atoms with Gasteiger partial charge >= 0.3 is 0 Å². The maximum atomic E-state index is 13.1. The molecule has 0 saturated heterocycles. The molecule has 3 rings (SSSR count). The number of rotatable bonds is 8. The summed E-state index contributed by atoms with van der Waals surface area (Å²) in [5, 5.41) is 2.70. The first-order chi connectivity index (χ1) is 15.7. The van der Waals surface area contributed by atoms with Gasteiger partial charge in [0, 0.05) is 35.6 Å². The molecule has 0 atom stereocenters.